The normalized spacial score (nSPS) is 25.3. The fraction of sp³-hybridized carbons (Fsp3) is 0.375. The van der Waals surface area contributed by atoms with Crippen LogP contribution in [0.4, 0.5) is 0 Å². The molecule has 0 radical (unpaired) electrons. The highest BCUT2D eigenvalue weighted by Crippen LogP contribution is 2.29. The molecule has 0 saturated heterocycles. The number of Topliss-reactive ketones (excluding diaryl/α,β-unsaturated/α-hetero) is 1. The number of hydrogen-bond acceptors (Lipinski definition) is 4. The zero-order valence-corrected chi connectivity index (χ0v) is 7.72. The first kappa shape index (κ1) is 7.32. The van der Waals surface area contributed by atoms with Crippen LogP contribution in [0.3, 0.4) is 0 Å². The second-order valence-corrected chi connectivity index (χ2v) is 4.84. The summed E-state index contributed by atoms with van der Waals surface area (Å²) in [6.45, 7) is 1.29. The van der Waals surface area contributed by atoms with Gasteiger partial charge < -0.3 is 4.42 Å². The largest absolute Gasteiger partial charge is 0.461 e. The molecule has 13 heavy (non-hydrogen) atoms. The summed E-state index contributed by atoms with van der Waals surface area (Å²) < 4.78 is 35.0. The van der Waals surface area contributed by atoms with Crippen molar-refractivity contribution in [2.75, 3.05) is 0 Å². The maximum Gasteiger partial charge on any atom is 0.195 e. The molecule has 2 heterocycles. The molecular formula is C8H8O4S. The van der Waals surface area contributed by atoms with Gasteiger partial charge >= 0.3 is 0 Å². The van der Waals surface area contributed by atoms with E-state index in [1.54, 1.807) is 0 Å². The number of furan rings is 1. The first-order valence-corrected chi connectivity index (χ1v) is 5.40. The monoisotopic (exact) mass is 201 g/mol. The van der Waals surface area contributed by atoms with E-state index in [0.717, 1.165) is 0 Å². The minimum Gasteiger partial charge on any atom is -0.461 e. The lowest BCUT2D eigenvalue weighted by atomic mass is 10.1. The van der Waals surface area contributed by atoms with E-state index in [9.17, 15) is 13.2 Å². The Bertz CT molecular complexity index is 499. The van der Waals surface area contributed by atoms with E-state index < -0.39 is 15.6 Å². The van der Waals surface area contributed by atoms with Gasteiger partial charge in [0.05, 0.1) is 17.7 Å². The molecule has 2 rings (SSSR count). The van der Waals surface area contributed by atoms with Crippen LogP contribution >= 0.6 is 0 Å². The SMILES string of the molecule is [2H]C1c2c(coc2C(C)=O)CS1(=O)=O. The van der Waals surface area contributed by atoms with Crippen LogP contribution in [-0.2, 0) is 21.3 Å². The van der Waals surface area contributed by atoms with Crippen molar-refractivity contribution in [3.8, 4) is 0 Å². The Hall–Kier alpha value is -1.10. The van der Waals surface area contributed by atoms with Crippen molar-refractivity contribution in [3.05, 3.63) is 23.2 Å². The molecule has 1 unspecified atom stereocenters. The molecule has 0 amide bonds. The molecule has 1 aromatic rings. The minimum absolute atomic E-state index is 0.000995. The van der Waals surface area contributed by atoms with Gasteiger partial charge in [-0.05, 0) is 0 Å². The molecular weight excluding hydrogens is 192 g/mol. The van der Waals surface area contributed by atoms with Crippen LogP contribution in [-0.4, -0.2) is 14.2 Å². The van der Waals surface area contributed by atoms with Crippen molar-refractivity contribution < 1.29 is 19.0 Å². The molecule has 0 aliphatic carbocycles. The van der Waals surface area contributed by atoms with E-state index >= 15 is 0 Å². The smallest absolute Gasteiger partial charge is 0.195 e. The van der Waals surface area contributed by atoms with E-state index in [1.807, 2.05) is 0 Å². The molecule has 1 aliphatic heterocycles. The highest BCUT2D eigenvalue weighted by atomic mass is 32.2. The Morgan fingerprint density at radius 3 is 3.00 bits per heavy atom. The highest BCUT2D eigenvalue weighted by molar-refractivity contribution is 7.90. The van der Waals surface area contributed by atoms with E-state index in [-0.39, 0.29) is 22.9 Å². The lowest BCUT2D eigenvalue weighted by Gasteiger charge is -1.92. The van der Waals surface area contributed by atoms with Gasteiger partial charge in [0, 0.05) is 19.4 Å². The van der Waals surface area contributed by atoms with Gasteiger partial charge in [0.2, 0.25) is 0 Å². The number of fused-ring (bicyclic) bond motifs is 1. The Morgan fingerprint density at radius 2 is 2.38 bits per heavy atom. The van der Waals surface area contributed by atoms with E-state index in [4.69, 9.17) is 5.79 Å². The number of rotatable bonds is 1. The zero-order valence-electron chi connectivity index (χ0n) is 7.90. The number of sulfone groups is 1. The van der Waals surface area contributed by atoms with Crippen LogP contribution < -0.4 is 0 Å². The standard InChI is InChI=1S/C8H8O4S/c1-5(9)8-7-4-13(10,11)3-6(7)2-12-8/h2H,3-4H2,1H3/i4D. The van der Waals surface area contributed by atoms with Gasteiger partial charge in [-0.25, -0.2) is 8.42 Å². The van der Waals surface area contributed by atoms with Crippen molar-refractivity contribution in [2.24, 2.45) is 0 Å². The molecule has 5 heteroatoms. The van der Waals surface area contributed by atoms with Crippen molar-refractivity contribution in [3.63, 3.8) is 0 Å². The fourth-order valence-corrected chi connectivity index (χ4v) is 2.71. The molecule has 70 valence electrons. The molecule has 1 aliphatic rings. The number of carbonyl (C=O) groups is 1. The quantitative estimate of drug-likeness (QED) is 0.633. The summed E-state index contributed by atoms with van der Waals surface area (Å²) in [4.78, 5) is 11.1. The third-order valence-corrected chi connectivity index (χ3v) is 3.19. The summed E-state index contributed by atoms with van der Waals surface area (Å²) in [5.74, 6) is -0.547. The summed E-state index contributed by atoms with van der Waals surface area (Å²) >= 11 is 0. The lowest BCUT2D eigenvalue weighted by molar-refractivity contribution is 0.0986. The van der Waals surface area contributed by atoms with Crippen molar-refractivity contribution in [1.29, 1.82) is 0 Å². The summed E-state index contributed by atoms with van der Waals surface area (Å²) in [6.07, 6.45) is 1.25. The molecule has 0 fully saturated rings. The predicted octanol–water partition coefficient (Wildman–Crippen LogP) is 0.911. The van der Waals surface area contributed by atoms with Gasteiger partial charge in [0.25, 0.3) is 0 Å². The van der Waals surface area contributed by atoms with E-state index in [0.29, 0.717) is 5.56 Å². The molecule has 1 aromatic heterocycles. The van der Waals surface area contributed by atoms with Crippen LogP contribution in [0.2, 0.25) is 0 Å². The van der Waals surface area contributed by atoms with Crippen LogP contribution in [0, 0.1) is 0 Å². The molecule has 0 N–H and O–H groups in total. The first-order chi connectivity index (χ1) is 6.43. The minimum atomic E-state index is -3.44. The zero-order chi connectivity index (χ0) is 10.5. The van der Waals surface area contributed by atoms with Gasteiger partial charge in [-0.1, -0.05) is 0 Å². The molecule has 1 atom stereocenters. The third kappa shape index (κ3) is 1.29. The third-order valence-electron chi connectivity index (χ3n) is 1.88. The molecule has 0 aromatic carbocycles. The molecule has 0 bridgehead atoms. The lowest BCUT2D eigenvalue weighted by Crippen LogP contribution is -1.99. The molecule has 0 spiro atoms. The second kappa shape index (κ2) is 2.45. The van der Waals surface area contributed by atoms with Gasteiger partial charge in [-0.2, -0.15) is 0 Å². The van der Waals surface area contributed by atoms with Gasteiger partial charge in [0.15, 0.2) is 21.4 Å². The van der Waals surface area contributed by atoms with Crippen molar-refractivity contribution >= 4 is 15.6 Å². The number of carbonyl (C=O) groups excluding carboxylic acids is 1. The Morgan fingerprint density at radius 1 is 1.69 bits per heavy atom. The topological polar surface area (TPSA) is 64.3 Å². The van der Waals surface area contributed by atoms with Crippen molar-refractivity contribution in [2.45, 2.75) is 18.4 Å². The summed E-state index contributed by atoms with van der Waals surface area (Å²) in [5, 5.41) is 0. The second-order valence-electron chi connectivity index (χ2n) is 2.98. The predicted molar refractivity (Wildman–Crippen MR) is 45.0 cm³/mol. The fourth-order valence-electron chi connectivity index (χ4n) is 1.35. The van der Waals surface area contributed by atoms with E-state index in [2.05, 4.69) is 0 Å². The average Bonchev–Trinajstić information content (AvgIpc) is 2.53. The average molecular weight is 201 g/mol. The number of ketones is 1. The van der Waals surface area contributed by atoms with Crippen LogP contribution in [0.5, 0.6) is 0 Å². The molecule has 4 nitrogen and oxygen atoms in total. The summed E-state index contributed by atoms with van der Waals surface area (Å²) in [5.41, 5.74) is -0.706. The van der Waals surface area contributed by atoms with Crippen LogP contribution in [0.1, 0.15) is 30.0 Å². The van der Waals surface area contributed by atoms with Crippen LogP contribution in [0.25, 0.3) is 0 Å². The Balaban J connectivity index is 2.64. The summed E-state index contributed by atoms with van der Waals surface area (Å²) in [7, 11) is -3.44. The first-order valence-electron chi connectivity index (χ1n) is 4.26. The maximum atomic E-state index is 11.3. The number of hydrogen-bond donors (Lipinski definition) is 0. The molecule has 0 saturated carbocycles. The van der Waals surface area contributed by atoms with Crippen molar-refractivity contribution in [1.82, 2.24) is 0 Å². The van der Waals surface area contributed by atoms with Crippen LogP contribution in [0.15, 0.2) is 10.7 Å². The Labute approximate surface area is 76.9 Å². The van der Waals surface area contributed by atoms with Gasteiger partial charge in [-0.15, -0.1) is 0 Å². The summed E-state index contributed by atoms with van der Waals surface area (Å²) in [6, 6.07) is 0. The maximum absolute atomic E-state index is 11.3. The van der Waals surface area contributed by atoms with Gasteiger partial charge in [-0.3, -0.25) is 4.79 Å². The van der Waals surface area contributed by atoms with E-state index in [1.165, 1.54) is 13.2 Å². The van der Waals surface area contributed by atoms with Gasteiger partial charge in [0.1, 0.15) is 0 Å². The highest BCUT2D eigenvalue weighted by Gasteiger charge is 2.31. The Kier molecular flexibility index (Phi) is 1.38.